The highest BCUT2D eigenvalue weighted by atomic mass is 32.2. The topological polar surface area (TPSA) is 37.4 Å². The molecule has 4 heteroatoms. The van der Waals surface area contributed by atoms with Crippen LogP contribution in [-0.2, 0) is 16.3 Å². The maximum absolute atomic E-state index is 12.0. The molecule has 3 nitrogen and oxygen atoms in total. The SMILES string of the molecule is CN(C)c1ccc2c(c1)CCCCS2(=O)=O. The normalized spacial score (nSPS) is 18.6. The van der Waals surface area contributed by atoms with Crippen LogP contribution in [0.15, 0.2) is 23.1 Å². The predicted octanol–water partition coefficient (Wildman–Crippen LogP) is 1.86. The summed E-state index contributed by atoms with van der Waals surface area (Å²) in [7, 11) is 0.891. The first-order valence-electron chi connectivity index (χ1n) is 5.54. The third-order valence-corrected chi connectivity index (χ3v) is 4.90. The van der Waals surface area contributed by atoms with Gasteiger partial charge in [-0.25, -0.2) is 8.42 Å². The summed E-state index contributed by atoms with van der Waals surface area (Å²) in [5.74, 6) is 0.293. The van der Waals surface area contributed by atoms with Gasteiger partial charge in [0.1, 0.15) is 0 Å². The number of aryl methyl sites for hydroxylation is 1. The quantitative estimate of drug-likeness (QED) is 0.750. The number of hydrogen-bond donors (Lipinski definition) is 0. The minimum absolute atomic E-state index is 0.293. The Morgan fingerprint density at radius 2 is 1.94 bits per heavy atom. The van der Waals surface area contributed by atoms with Crippen LogP contribution < -0.4 is 4.90 Å². The van der Waals surface area contributed by atoms with Gasteiger partial charge in [0.15, 0.2) is 9.84 Å². The number of nitrogens with zero attached hydrogens (tertiary/aromatic N) is 1. The molecule has 0 fully saturated rings. The van der Waals surface area contributed by atoms with Crippen molar-refractivity contribution in [1.82, 2.24) is 0 Å². The zero-order chi connectivity index (χ0) is 11.8. The smallest absolute Gasteiger partial charge is 0.178 e. The highest BCUT2D eigenvalue weighted by Crippen LogP contribution is 2.27. The van der Waals surface area contributed by atoms with Crippen LogP contribution in [0.4, 0.5) is 5.69 Å². The van der Waals surface area contributed by atoms with Gasteiger partial charge in [0.25, 0.3) is 0 Å². The number of rotatable bonds is 1. The van der Waals surface area contributed by atoms with E-state index < -0.39 is 9.84 Å². The van der Waals surface area contributed by atoms with Gasteiger partial charge in [-0.2, -0.15) is 0 Å². The van der Waals surface area contributed by atoms with Crippen molar-refractivity contribution in [3.05, 3.63) is 23.8 Å². The zero-order valence-corrected chi connectivity index (χ0v) is 10.5. The van der Waals surface area contributed by atoms with Crippen LogP contribution in [0.5, 0.6) is 0 Å². The number of sulfone groups is 1. The Morgan fingerprint density at radius 3 is 2.62 bits per heavy atom. The number of hydrogen-bond acceptors (Lipinski definition) is 3. The van der Waals surface area contributed by atoms with Crippen molar-refractivity contribution in [3.8, 4) is 0 Å². The average molecular weight is 239 g/mol. The highest BCUT2D eigenvalue weighted by Gasteiger charge is 2.21. The number of benzene rings is 1. The summed E-state index contributed by atoms with van der Waals surface area (Å²) in [6, 6.07) is 5.63. The first kappa shape index (κ1) is 11.5. The molecule has 16 heavy (non-hydrogen) atoms. The Morgan fingerprint density at radius 1 is 1.19 bits per heavy atom. The van der Waals surface area contributed by atoms with E-state index in [2.05, 4.69) is 0 Å². The fraction of sp³-hybridized carbons (Fsp3) is 0.500. The molecular formula is C12H17NO2S. The third kappa shape index (κ3) is 2.07. The largest absolute Gasteiger partial charge is 0.378 e. The second-order valence-corrected chi connectivity index (χ2v) is 6.54. The molecule has 1 aliphatic heterocycles. The van der Waals surface area contributed by atoms with Crippen LogP contribution in [0, 0.1) is 0 Å². The molecule has 2 rings (SSSR count). The van der Waals surface area contributed by atoms with Crippen molar-refractivity contribution in [2.45, 2.75) is 24.2 Å². The van der Waals surface area contributed by atoms with Crippen molar-refractivity contribution in [1.29, 1.82) is 0 Å². The summed E-state index contributed by atoms with van der Waals surface area (Å²) in [6.07, 6.45) is 2.60. The van der Waals surface area contributed by atoms with Gasteiger partial charge in [-0.1, -0.05) is 0 Å². The Balaban J connectivity index is 2.54. The van der Waals surface area contributed by atoms with Crippen LogP contribution in [0.25, 0.3) is 0 Å². The molecule has 0 radical (unpaired) electrons. The fourth-order valence-corrected chi connectivity index (χ4v) is 3.70. The van der Waals surface area contributed by atoms with Crippen molar-refractivity contribution in [2.24, 2.45) is 0 Å². The van der Waals surface area contributed by atoms with Gasteiger partial charge >= 0.3 is 0 Å². The Bertz CT molecular complexity index is 492. The maximum Gasteiger partial charge on any atom is 0.178 e. The van der Waals surface area contributed by atoms with Crippen molar-refractivity contribution in [3.63, 3.8) is 0 Å². The predicted molar refractivity (Wildman–Crippen MR) is 65.8 cm³/mol. The third-order valence-electron chi connectivity index (χ3n) is 3.00. The van der Waals surface area contributed by atoms with E-state index in [0.29, 0.717) is 10.6 Å². The lowest BCUT2D eigenvalue weighted by Gasteiger charge is -2.15. The van der Waals surface area contributed by atoms with Crippen LogP contribution in [0.1, 0.15) is 18.4 Å². The van der Waals surface area contributed by atoms with Crippen molar-refractivity contribution in [2.75, 3.05) is 24.7 Å². The molecule has 0 unspecified atom stereocenters. The van der Waals surface area contributed by atoms with E-state index in [4.69, 9.17) is 0 Å². The van der Waals surface area contributed by atoms with Crippen molar-refractivity contribution < 1.29 is 8.42 Å². The van der Waals surface area contributed by atoms with E-state index >= 15 is 0 Å². The molecule has 1 aromatic rings. The molecule has 0 N–H and O–H groups in total. The van der Waals surface area contributed by atoms with Gasteiger partial charge in [0.2, 0.25) is 0 Å². The molecule has 1 heterocycles. The van der Waals surface area contributed by atoms with Gasteiger partial charge in [-0.15, -0.1) is 0 Å². The molecule has 0 bridgehead atoms. The van der Waals surface area contributed by atoms with E-state index in [1.807, 2.05) is 31.1 Å². The molecule has 0 aromatic heterocycles. The van der Waals surface area contributed by atoms with Crippen LogP contribution in [0.2, 0.25) is 0 Å². The standard InChI is InChI=1S/C12H17NO2S/c1-13(2)11-6-7-12-10(9-11)5-3-4-8-16(12,14)15/h6-7,9H,3-5,8H2,1-2H3. The molecular weight excluding hydrogens is 222 g/mol. The minimum atomic E-state index is -3.04. The second-order valence-electron chi connectivity index (χ2n) is 4.46. The first-order chi connectivity index (χ1) is 7.50. The summed E-state index contributed by atoms with van der Waals surface area (Å²) < 4.78 is 23.9. The summed E-state index contributed by atoms with van der Waals surface area (Å²) in [5.41, 5.74) is 2.04. The minimum Gasteiger partial charge on any atom is -0.378 e. The monoisotopic (exact) mass is 239 g/mol. The first-order valence-corrected chi connectivity index (χ1v) is 7.19. The van der Waals surface area contributed by atoms with E-state index in [9.17, 15) is 8.42 Å². The molecule has 88 valence electrons. The van der Waals surface area contributed by atoms with E-state index in [0.717, 1.165) is 30.5 Å². The van der Waals surface area contributed by atoms with E-state index in [-0.39, 0.29) is 0 Å². The number of anilines is 1. The summed E-state index contributed by atoms with van der Waals surface area (Å²) >= 11 is 0. The molecule has 0 saturated heterocycles. The summed E-state index contributed by atoms with van der Waals surface area (Å²) in [5, 5.41) is 0. The van der Waals surface area contributed by atoms with Crippen LogP contribution >= 0.6 is 0 Å². The molecule has 0 saturated carbocycles. The van der Waals surface area contributed by atoms with Gasteiger partial charge < -0.3 is 4.90 Å². The lowest BCUT2D eigenvalue weighted by Crippen LogP contribution is -2.11. The Labute approximate surface area is 97.0 Å². The fourth-order valence-electron chi connectivity index (χ4n) is 2.06. The van der Waals surface area contributed by atoms with Gasteiger partial charge in [-0.05, 0) is 43.0 Å². The maximum atomic E-state index is 12.0. The van der Waals surface area contributed by atoms with Gasteiger partial charge in [0.05, 0.1) is 10.6 Å². The Hall–Kier alpha value is -1.03. The van der Waals surface area contributed by atoms with E-state index in [1.54, 1.807) is 6.07 Å². The summed E-state index contributed by atoms with van der Waals surface area (Å²) in [6.45, 7) is 0. The highest BCUT2D eigenvalue weighted by molar-refractivity contribution is 7.91. The van der Waals surface area contributed by atoms with E-state index in [1.165, 1.54) is 0 Å². The molecule has 1 aromatic carbocycles. The molecule has 1 aliphatic rings. The van der Waals surface area contributed by atoms with Gasteiger partial charge in [0, 0.05) is 19.8 Å². The van der Waals surface area contributed by atoms with Gasteiger partial charge in [-0.3, -0.25) is 0 Å². The molecule has 0 spiro atoms. The lowest BCUT2D eigenvalue weighted by molar-refractivity contribution is 0.594. The summed E-state index contributed by atoms with van der Waals surface area (Å²) in [4.78, 5) is 2.54. The Kier molecular flexibility index (Phi) is 2.93. The van der Waals surface area contributed by atoms with Crippen LogP contribution in [0.3, 0.4) is 0 Å². The zero-order valence-electron chi connectivity index (χ0n) is 9.73. The molecule has 0 amide bonds. The average Bonchev–Trinajstić information content (AvgIpc) is 2.37. The molecule has 0 aliphatic carbocycles. The number of fused-ring (bicyclic) bond motifs is 1. The lowest BCUT2D eigenvalue weighted by atomic mass is 10.1. The van der Waals surface area contributed by atoms with Crippen LogP contribution in [-0.4, -0.2) is 28.3 Å². The molecule has 0 atom stereocenters. The van der Waals surface area contributed by atoms with Crippen molar-refractivity contribution >= 4 is 15.5 Å². The second kappa shape index (κ2) is 4.09.